The van der Waals surface area contributed by atoms with Crippen molar-refractivity contribution in [1.82, 2.24) is 20.0 Å². The minimum Gasteiger partial charge on any atom is -0.264 e. The predicted molar refractivity (Wildman–Crippen MR) is 67.1 cm³/mol. The summed E-state index contributed by atoms with van der Waals surface area (Å²) in [7, 11) is 0. The highest BCUT2D eigenvalue weighted by Gasteiger charge is 2.01. The predicted octanol–water partition coefficient (Wildman–Crippen LogP) is 2.20. The fourth-order valence-corrected chi connectivity index (χ4v) is 1.80. The van der Waals surface area contributed by atoms with E-state index in [4.69, 9.17) is 11.6 Å². The number of pyridine rings is 1. The molecule has 0 N–H and O–H groups in total. The smallest absolute Gasteiger partial charge is 0.0827 e. The average molecular weight is 251 g/mol. The number of aromatic nitrogens is 4. The highest BCUT2D eigenvalue weighted by Crippen LogP contribution is 2.05. The molecule has 0 saturated heterocycles. The summed E-state index contributed by atoms with van der Waals surface area (Å²) < 4.78 is 1.83. The molecule has 0 atom stereocenters. The zero-order valence-corrected chi connectivity index (χ0v) is 10.6. The molecule has 5 heteroatoms. The van der Waals surface area contributed by atoms with Gasteiger partial charge in [-0.25, -0.2) is 4.68 Å². The molecular weight excluding hydrogens is 236 g/mol. The summed E-state index contributed by atoms with van der Waals surface area (Å²) in [6.07, 6.45) is 7.49. The lowest BCUT2D eigenvalue weighted by molar-refractivity contribution is 0.647. The van der Waals surface area contributed by atoms with Gasteiger partial charge in [0.2, 0.25) is 0 Å². The first-order chi connectivity index (χ1) is 8.28. The summed E-state index contributed by atoms with van der Waals surface area (Å²) in [4.78, 5) is 4.16. The second-order valence-electron chi connectivity index (χ2n) is 4.07. The van der Waals surface area contributed by atoms with Gasteiger partial charge in [0.05, 0.1) is 12.2 Å². The monoisotopic (exact) mass is 250 g/mol. The summed E-state index contributed by atoms with van der Waals surface area (Å²) in [5, 5.41) is 8.20. The molecule has 0 aromatic carbocycles. The van der Waals surface area contributed by atoms with Crippen LogP contribution in [-0.4, -0.2) is 25.9 Å². The normalized spacial score (nSPS) is 10.7. The lowest BCUT2D eigenvalue weighted by Gasteiger charge is -2.00. The van der Waals surface area contributed by atoms with E-state index in [0.29, 0.717) is 12.4 Å². The van der Waals surface area contributed by atoms with Crippen LogP contribution in [0.15, 0.2) is 24.7 Å². The first kappa shape index (κ1) is 12.0. The van der Waals surface area contributed by atoms with E-state index in [-0.39, 0.29) is 0 Å². The van der Waals surface area contributed by atoms with Crippen LogP contribution in [0.25, 0.3) is 0 Å². The van der Waals surface area contributed by atoms with Gasteiger partial charge < -0.3 is 0 Å². The summed E-state index contributed by atoms with van der Waals surface area (Å²) in [5.41, 5.74) is 3.29. The number of halogens is 1. The van der Waals surface area contributed by atoms with Gasteiger partial charge in [0.1, 0.15) is 0 Å². The fourth-order valence-electron chi connectivity index (χ4n) is 1.67. The van der Waals surface area contributed by atoms with Gasteiger partial charge >= 0.3 is 0 Å². The molecule has 0 spiro atoms. The first-order valence-electron chi connectivity index (χ1n) is 5.63. The number of rotatable bonds is 5. The van der Waals surface area contributed by atoms with E-state index in [1.807, 2.05) is 30.2 Å². The topological polar surface area (TPSA) is 43.6 Å². The van der Waals surface area contributed by atoms with Gasteiger partial charge in [-0.05, 0) is 30.9 Å². The van der Waals surface area contributed by atoms with E-state index >= 15 is 0 Å². The molecule has 17 heavy (non-hydrogen) atoms. The molecule has 0 radical (unpaired) electrons. The molecule has 2 aromatic heterocycles. The largest absolute Gasteiger partial charge is 0.264 e. The highest BCUT2D eigenvalue weighted by molar-refractivity contribution is 6.17. The average Bonchev–Trinajstić information content (AvgIpc) is 2.74. The Morgan fingerprint density at radius 2 is 2.24 bits per heavy atom. The lowest BCUT2D eigenvalue weighted by atomic mass is 10.2. The molecule has 0 aliphatic carbocycles. The number of alkyl halides is 1. The van der Waals surface area contributed by atoms with Crippen LogP contribution in [-0.2, 0) is 13.0 Å². The Balaban J connectivity index is 2.01. The summed E-state index contributed by atoms with van der Waals surface area (Å²) in [6, 6.07) is 2.10. The molecule has 0 amide bonds. The molecule has 2 rings (SSSR count). The van der Waals surface area contributed by atoms with Crippen molar-refractivity contribution in [2.24, 2.45) is 0 Å². The van der Waals surface area contributed by atoms with Crippen molar-refractivity contribution in [2.45, 2.75) is 26.3 Å². The standard InChI is InChI=1S/C12H15ClN4/c1-10-5-11(7-14-6-10)8-17-9-12(15-16-17)3-2-4-13/h5-7,9H,2-4,8H2,1H3. The third-order valence-electron chi connectivity index (χ3n) is 2.43. The zero-order chi connectivity index (χ0) is 12.1. The Bertz CT molecular complexity index is 481. The van der Waals surface area contributed by atoms with Crippen LogP contribution in [0.2, 0.25) is 0 Å². The van der Waals surface area contributed by atoms with E-state index in [9.17, 15) is 0 Å². The van der Waals surface area contributed by atoms with Crippen molar-refractivity contribution >= 4 is 11.6 Å². The second kappa shape index (κ2) is 5.77. The molecule has 2 heterocycles. The Morgan fingerprint density at radius 3 is 3.00 bits per heavy atom. The van der Waals surface area contributed by atoms with Crippen LogP contribution in [0.3, 0.4) is 0 Å². The van der Waals surface area contributed by atoms with Crippen molar-refractivity contribution in [2.75, 3.05) is 5.88 Å². The molecular formula is C12H15ClN4. The van der Waals surface area contributed by atoms with Gasteiger partial charge in [-0.3, -0.25) is 4.98 Å². The molecule has 4 nitrogen and oxygen atoms in total. The maximum Gasteiger partial charge on any atom is 0.0827 e. The van der Waals surface area contributed by atoms with Gasteiger partial charge in [0.15, 0.2) is 0 Å². The fraction of sp³-hybridized carbons (Fsp3) is 0.417. The summed E-state index contributed by atoms with van der Waals surface area (Å²) >= 11 is 5.64. The summed E-state index contributed by atoms with van der Waals surface area (Å²) in [6.45, 7) is 2.74. The maximum absolute atomic E-state index is 5.64. The second-order valence-corrected chi connectivity index (χ2v) is 4.45. The minimum atomic E-state index is 0.661. The van der Waals surface area contributed by atoms with Gasteiger partial charge in [-0.2, -0.15) is 0 Å². The molecule has 0 unspecified atom stereocenters. The van der Waals surface area contributed by atoms with Crippen LogP contribution in [0, 0.1) is 6.92 Å². The van der Waals surface area contributed by atoms with Gasteiger partial charge in [-0.1, -0.05) is 11.3 Å². The van der Waals surface area contributed by atoms with Crippen LogP contribution in [0.1, 0.15) is 23.2 Å². The van der Waals surface area contributed by atoms with Crippen LogP contribution < -0.4 is 0 Å². The Kier molecular flexibility index (Phi) is 4.09. The molecule has 0 aliphatic heterocycles. The SMILES string of the molecule is Cc1cncc(Cn2cc(CCCCl)nn2)c1. The Morgan fingerprint density at radius 1 is 1.35 bits per heavy atom. The third kappa shape index (κ3) is 3.53. The lowest BCUT2D eigenvalue weighted by Crippen LogP contribution is -2.01. The third-order valence-corrected chi connectivity index (χ3v) is 2.70. The summed E-state index contributed by atoms with van der Waals surface area (Å²) in [5.74, 6) is 0.661. The van der Waals surface area contributed by atoms with E-state index in [1.54, 1.807) is 0 Å². The Hall–Kier alpha value is -1.42. The van der Waals surface area contributed by atoms with Crippen LogP contribution in [0.5, 0.6) is 0 Å². The number of nitrogens with zero attached hydrogens (tertiary/aromatic N) is 4. The van der Waals surface area contributed by atoms with Crippen molar-refractivity contribution in [3.63, 3.8) is 0 Å². The number of hydrogen-bond donors (Lipinski definition) is 0. The van der Waals surface area contributed by atoms with Gasteiger partial charge in [-0.15, -0.1) is 16.7 Å². The van der Waals surface area contributed by atoms with Crippen LogP contribution in [0.4, 0.5) is 0 Å². The van der Waals surface area contributed by atoms with E-state index < -0.39 is 0 Å². The van der Waals surface area contributed by atoms with E-state index in [2.05, 4.69) is 21.4 Å². The van der Waals surface area contributed by atoms with Crippen molar-refractivity contribution in [3.05, 3.63) is 41.5 Å². The molecule has 0 saturated carbocycles. The quantitative estimate of drug-likeness (QED) is 0.764. The van der Waals surface area contributed by atoms with E-state index in [0.717, 1.165) is 29.7 Å². The highest BCUT2D eigenvalue weighted by atomic mass is 35.5. The van der Waals surface area contributed by atoms with Crippen molar-refractivity contribution in [1.29, 1.82) is 0 Å². The van der Waals surface area contributed by atoms with Crippen LogP contribution >= 0.6 is 11.6 Å². The maximum atomic E-state index is 5.64. The molecule has 2 aromatic rings. The molecule has 0 fully saturated rings. The first-order valence-corrected chi connectivity index (χ1v) is 6.17. The molecule has 90 valence electrons. The number of hydrogen-bond acceptors (Lipinski definition) is 3. The van der Waals surface area contributed by atoms with E-state index in [1.165, 1.54) is 0 Å². The van der Waals surface area contributed by atoms with Crippen molar-refractivity contribution in [3.8, 4) is 0 Å². The van der Waals surface area contributed by atoms with Gasteiger partial charge in [0.25, 0.3) is 0 Å². The zero-order valence-electron chi connectivity index (χ0n) is 9.80. The molecule has 0 aliphatic rings. The molecule has 0 bridgehead atoms. The minimum absolute atomic E-state index is 0.661. The number of aryl methyl sites for hydroxylation is 2. The van der Waals surface area contributed by atoms with Crippen molar-refractivity contribution < 1.29 is 0 Å². The van der Waals surface area contributed by atoms with Gasteiger partial charge in [0, 0.05) is 24.5 Å². The Labute approximate surface area is 106 Å².